The molecule has 4 heteroatoms. The van der Waals surface area contributed by atoms with Gasteiger partial charge in [0, 0.05) is 11.1 Å². The zero-order chi connectivity index (χ0) is 16.7. The van der Waals surface area contributed by atoms with Crippen LogP contribution in [0.2, 0.25) is 0 Å². The second kappa shape index (κ2) is 8.13. The number of allylic oxidation sites excluding steroid dienone is 1. The molecule has 2 rings (SSSR count). The van der Waals surface area contributed by atoms with Gasteiger partial charge in [0.05, 0.1) is 13.2 Å². The molecule has 0 amide bonds. The zero-order valence-corrected chi connectivity index (χ0v) is 13.5. The van der Waals surface area contributed by atoms with Crippen LogP contribution in [-0.4, -0.2) is 23.4 Å². The maximum absolute atomic E-state index is 9.89. The van der Waals surface area contributed by atoms with Gasteiger partial charge in [-0.25, -0.2) is 0 Å². The van der Waals surface area contributed by atoms with Gasteiger partial charge < -0.3 is 19.7 Å². The number of para-hydroxylation sites is 2. The van der Waals surface area contributed by atoms with Crippen LogP contribution in [0.4, 0.5) is 0 Å². The van der Waals surface area contributed by atoms with E-state index in [9.17, 15) is 10.2 Å². The van der Waals surface area contributed by atoms with E-state index < -0.39 is 0 Å². The predicted octanol–water partition coefficient (Wildman–Crippen LogP) is 4.15. The Morgan fingerprint density at radius 1 is 0.870 bits per heavy atom. The van der Waals surface area contributed by atoms with Gasteiger partial charge in [0.15, 0.2) is 23.0 Å². The van der Waals surface area contributed by atoms with E-state index in [1.54, 1.807) is 24.3 Å². The Hall–Kier alpha value is -2.62. The van der Waals surface area contributed by atoms with Gasteiger partial charge in [-0.1, -0.05) is 36.4 Å². The number of ether oxygens (including phenoxy) is 2. The molecule has 122 valence electrons. The van der Waals surface area contributed by atoms with Crippen molar-refractivity contribution in [3.8, 4) is 23.0 Å². The van der Waals surface area contributed by atoms with E-state index in [4.69, 9.17) is 9.47 Å². The average molecular weight is 314 g/mol. The minimum absolute atomic E-state index is 0.126. The zero-order valence-electron chi connectivity index (χ0n) is 13.5. The summed E-state index contributed by atoms with van der Waals surface area (Å²) in [5.41, 5.74) is 1.71. The first-order chi connectivity index (χ1) is 11.2. The maximum atomic E-state index is 9.89. The molecule has 0 aliphatic carbocycles. The molecule has 2 N–H and O–H groups in total. The van der Waals surface area contributed by atoms with Crippen LogP contribution < -0.4 is 9.47 Å². The lowest BCUT2D eigenvalue weighted by Gasteiger charge is -2.11. The van der Waals surface area contributed by atoms with E-state index in [2.05, 4.69) is 0 Å². The van der Waals surface area contributed by atoms with Crippen LogP contribution in [0.25, 0.3) is 6.08 Å². The van der Waals surface area contributed by atoms with Gasteiger partial charge in [-0.05, 0) is 32.4 Å². The van der Waals surface area contributed by atoms with Gasteiger partial charge in [-0.15, -0.1) is 0 Å². The molecule has 0 aromatic heterocycles. The summed E-state index contributed by atoms with van der Waals surface area (Å²) in [6.07, 6.45) is 4.45. The van der Waals surface area contributed by atoms with Crippen LogP contribution in [-0.2, 0) is 6.42 Å². The van der Waals surface area contributed by atoms with Crippen LogP contribution in [0.15, 0.2) is 42.5 Å². The van der Waals surface area contributed by atoms with E-state index in [1.165, 1.54) is 0 Å². The normalized spacial score (nSPS) is 10.9. The van der Waals surface area contributed by atoms with Crippen molar-refractivity contribution in [2.75, 3.05) is 13.2 Å². The molecule has 0 saturated heterocycles. The first-order valence-electron chi connectivity index (χ1n) is 7.72. The summed E-state index contributed by atoms with van der Waals surface area (Å²) in [5.74, 6) is 1.26. The number of rotatable bonds is 7. The Balaban J connectivity index is 2.20. The van der Waals surface area contributed by atoms with Gasteiger partial charge in [0.2, 0.25) is 0 Å². The third kappa shape index (κ3) is 4.19. The highest BCUT2D eigenvalue weighted by molar-refractivity contribution is 5.62. The molecule has 0 heterocycles. The second-order valence-corrected chi connectivity index (χ2v) is 4.93. The van der Waals surface area contributed by atoms with Crippen molar-refractivity contribution in [1.29, 1.82) is 0 Å². The standard InChI is InChI=1S/C19H22O4/c1-3-22-18-14(10-6-12-16(18)20)8-5-9-15-11-7-13-17(21)19(15)23-4-2/h5-8,10-13,20-21H,3-4,9H2,1-2H3/b8-5+. The van der Waals surface area contributed by atoms with Crippen LogP contribution in [0.5, 0.6) is 23.0 Å². The molecule has 23 heavy (non-hydrogen) atoms. The lowest BCUT2D eigenvalue weighted by atomic mass is 10.1. The third-order valence-corrected chi connectivity index (χ3v) is 3.31. The second-order valence-electron chi connectivity index (χ2n) is 4.93. The minimum atomic E-state index is 0.126. The van der Waals surface area contributed by atoms with Gasteiger partial charge >= 0.3 is 0 Å². The van der Waals surface area contributed by atoms with Crippen molar-refractivity contribution < 1.29 is 19.7 Å². The van der Waals surface area contributed by atoms with E-state index in [1.807, 2.05) is 38.1 Å². The van der Waals surface area contributed by atoms with Crippen molar-refractivity contribution in [3.63, 3.8) is 0 Å². The summed E-state index contributed by atoms with van der Waals surface area (Å²) in [6, 6.07) is 10.6. The van der Waals surface area contributed by atoms with Gasteiger partial charge in [0.25, 0.3) is 0 Å². The maximum Gasteiger partial charge on any atom is 0.168 e. The van der Waals surface area contributed by atoms with Crippen molar-refractivity contribution >= 4 is 6.08 Å². The molecule has 0 saturated carbocycles. The topological polar surface area (TPSA) is 58.9 Å². The quantitative estimate of drug-likeness (QED) is 0.806. The van der Waals surface area contributed by atoms with Crippen LogP contribution >= 0.6 is 0 Å². The van der Waals surface area contributed by atoms with Crippen molar-refractivity contribution in [2.45, 2.75) is 20.3 Å². The number of aromatic hydroxyl groups is 2. The molecule has 0 radical (unpaired) electrons. The fourth-order valence-corrected chi connectivity index (χ4v) is 2.33. The van der Waals surface area contributed by atoms with E-state index in [-0.39, 0.29) is 11.5 Å². The highest BCUT2D eigenvalue weighted by Crippen LogP contribution is 2.32. The predicted molar refractivity (Wildman–Crippen MR) is 91.3 cm³/mol. The average Bonchev–Trinajstić information content (AvgIpc) is 2.54. The number of hydrogen-bond donors (Lipinski definition) is 2. The van der Waals surface area contributed by atoms with Crippen molar-refractivity contribution in [1.82, 2.24) is 0 Å². The Kier molecular flexibility index (Phi) is 5.92. The van der Waals surface area contributed by atoms with Crippen molar-refractivity contribution in [2.24, 2.45) is 0 Å². The summed E-state index contributed by atoms with van der Waals surface area (Å²) in [4.78, 5) is 0. The number of phenolic OH excluding ortho intramolecular Hbond substituents is 2. The minimum Gasteiger partial charge on any atom is -0.504 e. The van der Waals surface area contributed by atoms with Crippen LogP contribution in [0.1, 0.15) is 25.0 Å². The fraction of sp³-hybridized carbons (Fsp3) is 0.263. The molecule has 0 aliphatic rings. The summed E-state index contributed by atoms with van der Waals surface area (Å²) in [7, 11) is 0. The molecule has 0 aliphatic heterocycles. The smallest absolute Gasteiger partial charge is 0.168 e. The highest BCUT2D eigenvalue weighted by atomic mass is 16.5. The SMILES string of the molecule is CCOc1c(O)cccc1/C=C/Cc1cccc(O)c1OCC. The lowest BCUT2D eigenvalue weighted by molar-refractivity contribution is 0.315. The largest absolute Gasteiger partial charge is 0.504 e. The Morgan fingerprint density at radius 3 is 2.17 bits per heavy atom. The molecule has 4 nitrogen and oxygen atoms in total. The summed E-state index contributed by atoms with van der Waals surface area (Å²) in [6.45, 7) is 4.74. The van der Waals surface area contributed by atoms with Crippen molar-refractivity contribution in [3.05, 3.63) is 53.6 Å². The summed E-state index contributed by atoms with van der Waals surface area (Å²) < 4.78 is 11.0. The number of hydrogen-bond acceptors (Lipinski definition) is 4. The molecule has 0 spiro atoms. The summed E-state index contributed by atoms with van der Waals surface area (Å²) in [5, 5.41) is 19.8. The number of phenols is 2. The molecular weight excluding hydrogens is 292 g/mol. The molecule has 0 bridgehead atoms. The number of benzene rings is 2. The summed E-state index contributed by atoms with van der Waals surface area (Å²) >= 11 is 0. The molecule has 2 aromatic rings. The third-order valence-electron chi connectivity index (χ3n) is 3.31. The first-order valence-corrected chi connectivity index (χ1v) is 7.72. The lowest BCUT2D eigenvalue weighted by Crippen LogP contribution is -1.96. The van der Waals surface area contributed by atoms with Gasteiger partial charge in [0.1, 0.15) is 0 Å². The van der Waals surface area contributed by atoms with Gasteiger partial charge in [-0.3, -0.25) is 0 Å². The van der Waals surface area contributed by atoms with E-state index >= 15 is 0 Å². The molecule has 0 atom stereocenters. The van der Waals surface area contributed by atoms with E-state index in [0.29, 0.717) is 31.1 Å². The Morgan fingerprint density at radius 2 is 1.48 bits per heavy atom. The van der Waals surface area contributed by atoms with E-state index in [0.717, 1.165) is 11.1 Å². The molecule has 0 unspecified atom stereocenters. The molecule has 2 aromatic carbocycles. The fourth-order valence-electron chi connectivity index (χ4n) is 2.33. The first kappa shape index (κ1) is 16.7. The van der Waals surface area contributed by atoms with Gasteiger partial charge in [-0.2, -0.15) is 0 Å². The highest BCUT2D eigenvalue weighted by Gasteiger charge is 2.08. The Labute approximate surface area is 136 Å². The monoisotopic (exact) mass is 314 g/mol. The van der Waals surface area contributed by atoms with Crippen LogP contribution in [0.3, 0.4) is 0 Å². The molecular formula is C19H22O4. The Bertz CT molecular complexity index is 677. The molecule has 0 fully saturated rings. The van der Waals surface area contributed by atoms with Crippen LogP contribution in [0, 0.1) is 0 Å².